The Morgan fingerprint density at radius 3 is 0.671 bits per heavy atom. The summed E-state index contributed by atoms with van der Waals surface area (Å²) in [5, 5.41) is 20.1. The second kappa shape index (κ2) is 26.7. The first-order chi connectivity index (χ1) is 34.1. The van der Waals surface area contributed by atoms with E-state index in [0.29, 0.717) is 10.5 Å². The Morgan fingerprint density at radius 2 is 0.500 bits per heavy atom. The van der Waals surface area contributed by atoms with Gasteiger partial charge in [0.2, 0.25) is 0 Å². The maximum absolute atomic E-state index is 11.4. The minimum atomic E-state index is -3.03. The van der Waals surface area contributed by atoms with E-state index in [-0.39, 0.29) is 12.8 Å². The topological polar surface area (TPSA) is 74.6 Å². The number of hydrogen-bond donors (Lipinski definition) is 2. The quantitative estimate of drug-likeness (QED) is 0.100. The van der Waals surface area contributed by atoms with E-state index >= 15 is 0 Å². The van der Waals surface area contributed by atoms with Crippen LogP contribution in [-0.2, 0) is 9.59 Å². The van der Waals surface area contributed by atoms with Crippen LogP contribution in [0, 0.1) is 0 Å². The molecule has 0 spiro atoms. The molecule has 0 saturated carbocycles. The van der Waals surface area contributed by atoms with E-state index in [1.54, 1.807) is 0 Å². The summed E-state index contributed by atoms with van der Waals surface area (Å²) < 4.78 is 15.7. The van der Waals surface area contributed by atoms with Crippen LogP contribution in [-0.4, -0.2) is 70.4 Å². The van der Waals surface area contributed by atoms with Crippen molar-refractivity contribution in [3.63, 3.8) is 0 Å². The normalized spacial score (nSPS) is 11.1. The molecule has 0 radical (unpaired) electrons. The molecule has 0 bridgehead atoms. The van der Waals surface area contributed by atoms with Gasteiger partial charge in [0.25, 0.3) is 0 Å². The Balaban J connectivity index is 0.000000155. The first-order valence-corrected chi connectivity index (χ1v) is 39.8. The number of carboxylic acid groups (broad SMARTS) is 2. The molecule has 0 saturated heterocycles. The van der Waals surface area contributed by atoms with Gasteiger partial charge in [-0.1, -0.05) is 0 Å². The van der Waals surface area contributed by atoms with Gasteiger partial charge >= 0.3 is 456 Å². The van der Waals surface area contributed by atoms with Crippen molar-refractivity contribution in [2.75, 3.05) is 0 Å². The molecular formula is C60H52BiBr3Ge2O4. The van der Waals surface area contributed by atoms with Crippen molar-refractivity contribution >= 4 is 144 Å². The van der Waals surface area contributed by atoms with Crippen LogP contribution in [0.4, 0.5) is 0 Å². The van der Waals surface area contributed by atoms with Crippen molar-refractivity contribution in [1.29, 1.82) is 0 Å². The second-order valence-corrected chi connectivity index (χ2v) is 44.9. The zero-order chi connectivity index (χ0) is 49.2. The summed E-state index contributed by atoms with van der Waals surface area (Å²) in [6, 6.07) is 89.3. The Labute approximate surface area is 450 Å². The summed E-state index contributed by atoms with van der Waals surface area (Å²) >= 11 is 2.34. The molecule has 2 N–H and O–H groups in total. The monoisotopic (exact) mass is 1430 g/mol. The fourth-order valence-electron chi connectivity index (χ4n) is 9.01. The van der Waals surface area contributed by atoms with Crippen LogP contribution >= 0.6 is 47.8 Å². The zero-order valence-corrected chi connectivity index (χ0v) is 50.8. The van der Waals surface area contributed by atoms with Crippen LogP contribution in [0.25, 0.3) is 0 Å². The predicted octanol–water partition coefficient (Wildman–Crippen LogP) is 9.75. The van der Waals surface area contributed by atoms with Gasteiger partial charge in [-0.3, -0.25) is 0 Å². The van der Waals surface area contributed by atoms with Gasteiger partial charge < -0.3 is 0 Å². The molecule has 70 heavy (non-hydrogen) atoms. The summed E-state index contributed by atoms with van der Waals surface area (Å²) in [5.41, 5.74) is 0. The van der Waals surface area contributed by atoms with Gasteiger partial charge in [-0.05, 0) is 0 Å². The molecule has 0 heterocycles. The maximum atomic E-state index is 11.4. The van der Waals surface area contributed by atoms with E-state index in [1.807, 2.05) is 36.4 Å². The molecule has 4 nitrogen and oxygen atoms in total. The molecule has 0 fully saturated rings. The van der Waals surface area contributed by atoms with Gasteiger partial charge in [-0.25, -0.2) is 0 Å². The van der Waals surface area contributed by atoms with E-state index in [1.165, 1.54) is 36.2 Å². The van der Waals surface area contributed by atoms with Crippen LogP contribution in [0.15, 0.2) is 268 Å². The van der Waals surface area contributed by atoms with Crippen molar-refractivity contribution in [1.82, 2.24) is 0 Å². The Morgan fingerprint density at radius 1 is 0.314 bits per heavy atom. The van der Waals surface area contributed by atoms with Gasteiger partial charge in [-0.2, -0.15) is 0 Å². The molecule has 9 aromatic carbocycles. The summed E-state index contributed by atoms with van der Waals surface area (Å²) in [6.45, 7) is 0. The minimum absolute atomic E-state index is 0.193. The number of benzene rings is 9. The number of rotatable bonds is 15. The van der Waals surface area contributed by atoms with E-state index in [0.717, 1.165) is 13.4 Å². The molecule has 9 aromatic rings. The first-order valence-electron chi connectivity index (χ1n) is 22.9. The average Bonchev–Trinajstić information content (AvgIpc) is 3.41. The molecule has 0 unspecified atom stereocenters. The number of aliphatic carboxylic acids is 2. The Hall–Kier alpha value is -4.67. The number of halogens is 3. The van der Waals surface area contributed by atoms with Gasteiger partial charge in [-0.15, -0.1) is 0 Å². The van der Waals surface area contributed by atoms with E-state index in [9.17, 15) is 19.8 Å². The second-order valence-electron chi connectivity index (χ2n) is 16.6. The summed E-state index contributed by atoms with van der Waals surface area (Å²) in [4.78, 5) is 22.7. The standard InChI is InChI=1S/2C21H20GeO2.3C6H4Br.Bi/c2*23-21(24)16-17-22(18-10-4-1-5-11-18,19-12-6-2-7-13-19)20-14-8-3-9-15-20;3*7-6-4-2-1-3-5-6;/h2*1-15H,16-17H2,(H,23,24);3*2-5H;. The van der Waals surface area contributed by atoms with Gasteiger partial charge in [0.05, 0.1) is 0 Å². The summed E-state index contributed by atoms with van der Waals surface area (Å²) in [6.07, 6.45) is 0.386. The zero-order valence-electron chi connectivity index (χ0n) is 38.4. The van der Waals surface area contributed by atoms with Gasteiger partial charge in [0.1, 0.15) is 0 Å². The predicted molar refractivity (Wildman–Crippen MR) is 309 cm³/mol. The molecule has 0 aliphatic heterocycles. The van der Waals surface area contributed by atoms with Gasteiger partial charge in [0.15, 0.2) is 0 Å². The van der Waals surface area contributed by atoms with E-state index in [2.05, 4.69) is 266 Å². The number of carbonyl (C=O) groups is 2. The molecule has 0 aliphatic carbocycles. The molecular weight excluding hydrogens is 1380 g/mol. The molecule has 9 rings (SSSR count). The van der Waals surface area contributed by atoms with Crippen molar-refractivity contribution in [3.8, 4) is 0 Å². The average molecular weight is 1430 g/mol. The van der Waals surface area contributed by atoms with Crippen LogP contribution in [0.1, 0.15) is 12.8 Å². The van der Waals surface area contributed by atoms with Crippen LogP contribution in [0.3, 0.4) is 0 Å². The fourth-order valence-corrected chi connectivity index (χ4v) is 38.4. The third-order valence-corrected chi connectivity index (χ3v) is 44.2. The Kier molecular flexibility index (Phi) is 20.3. The van der Waals surface area contributed by atoms with Gasteiger partial charge in [0, 0.05) is 0 Å². The molecule has 0 aliphatic rings. The van der Waals surface area contributed by atoms with Crippen molar-refractivity contribution in [3.05, 3.63) is 268 Å². The van der Waals surface area contributed by atoms with Crippen LogP contribution in [0.5, 0.6) is 0 Å². The third-order valence-electron chi connectivity index (χ3n) is 12.3. The van der Waals surface area contributed by atoms with E-state index < -0.39 is 60.2 Å². The van der Waals surface area contributed by atoms with Crippen molar-refractivity contribution in [2.24, 2.45) is 0 Å². The van der Waals surface area contributed by atoms with E-state index in [4.69, 9.17) is 0 Å². The molecule has 10 heteroatoms. The Bertz CT molecular complexity index is 2550. The molecule has 0 aromatic heterocycles. The first kappa shape index (κ1) is 53.1. The number of carboxylic acids is 2. The SMILES string of the molecule is Brc1cc[c]([Bi]([c]2ccc(Br)cc2)[c]2ccc(Br)cc2)cc1.O=C(O)C[CH2][Ge]([c]1ccccc1)([c]1ccccc1)[c]1ccccc1.O=C(O)C[CH2][Ge]([c]1ccccc1)([c]1ccccc1)[c]1ccccc1. The van der Waals surface area contributed by atoms with Crippen molar-refractivity contribution < 1.29 is 19.8 Å². The van der Waals surface area contributed by atoms with Crippen molar-refractivity contribution in [2.45, 2.75) is 23.3 Å². The summed E-state index contributed by atoms with van der Waals surface area (Å²) in [7, 11) is 0. The fraction of sp³-hybridized carbons (Fsp3) is 0.0667. The summed E-state index contributed by atoms with van der Waals surface area (Å²) in [5.74, 6) is -1.46. The van der Waals surface area contributed by atoms with Crippen LogP contribution in [0.2, 0.25) is 10.5 Å². The third kappa shape index (κ3) is 13.8. The number of hydrogen-bond acceptors (Lipinski definition) is 2. The molecule has 0 amide bonds. The van der Waals surface area contributed by atoms with Crippen LogP contribution < -0.4 is 36.2 Å². The molecule has 0 atom stereocenters. The molecule has 350 valence electrons.